The molecule has 2 N–H and O–H groups in total. The standard InChI is InChI=1S/C15H14N2O.ClH/c18-15-12-5-4-10(9-6-7-16-8-9)11-2-1-3-13(17-15)14(11)12;/h1-5,9,16H,6-8H2,(H,17,18);1H. The van der Waals surface area contributed by atoms with Crippen LogP contribution in [0.15, 0.2) is 30.3 Å². The van der Waals surface area contributed by atoms with Crippen LogP contribution in [0.1, 0.15) is 28.3 Å². The van der Waals surface area contributed by atoms with Gasteiger partial charge >= 0.3 is 0 Å². The summed E-state index contributed by atoms with van der Waals surface area (Å²) in [5.41, 5.74) is 3.15. The smallest absolute Gasteiger partial charge is 0.256 e. The molecule has 4 heteroatoms. The van der Waals surface area contributed by atoms with Gasteiger partial charge in [0.25, 0.3) is 5.91 Å². The van der Waals surface area contributed by atoms with Crippen molar-refractivity contribution in [3.8, 4) is 0 Å². The Kier molecular flexibility index (Phi) is 2.96. The van der Waals surface area contributed by atoms with Gasteiger partial charge in [0.15, 0.2) is 0 Å². The topological polar surface area (TPSA) is 41.1 Å². The van der Waals surface area contributed by atoms with Crippen LogP contribution in [0.4, 0.5) is 5.69 Å². The van der Waals surface area contributed by atoms with Crippen LogP contribution in [0.25, 0.3) is 10.8 Å². The number of halogens is 1. The molecule has 2 aromatic carbocycles. The van der Waals surface area contributed by atoms with E-state index in [-0.39, 0.29) is 18.3 Å². The van der Waals surface area contributed by atoms with Crippen molar-refractivity contribution in [1.29, 1.82) is 0 Å². The first kappa shape index (κ1) is 12.5. The first-order chi connectivity index (χ1) is 8.84. The molecule has 1 unspecified atom stereocenters. The first-order valence-electron chi connectivity index (χ1n) is 6.42. The summed E-state index contributed by atoms with van der Waals surface area (Å²) < 4.78 is 0. The Labute approximate surface area is 117 Å². The molecule has 0 bridgehead atoms. The van der Waals surface area contributed by atoms with Crippen molar-refractivity contribution in [3.05, 3.63) is 41.5 Å². The van der Waals surface area contributed by atoms with E-state index in [1.165, 1.54) is 17.4 Å². The molecule has 19 heavy (non-hydrogen) atoms. The molecule has 2 aliphatic heterocycles. The second-order valence-electron chi connectivity index (χ2n) is 5.07. The molecule has 1 amide bonds. The van der Waals surface area contributed by atoms with E-state index in [0.717, 1.165) is 29.7 Å². The molecule has 1 saturated heterocycles. The Balaban J connectivity index is 0.00000110. The van der Waals surface area contributed by atoms with Crippen LogP contribution >= 0.6 is 12.4 Å². The van der Waals surface area contributed by atoms with Gasteiger partial charge in [-0.2, -0.15) is 0 Å². The minimum atomic E-state index is 0. The van der Waals surface area contributed by atoms with Gasteiger partial charge in [-0.15, -0.1) is 12.4 Å². The normalized spacial score (nSPS) is 20.4. The fraction of sp³-hybridized carbons (Fsp3) is 0.267. The van der Waals surface area contributed by atoms with E-state index in [9.17, 15) is 4.79 Å². The number of carbonyl (C=O) groups excluding carboxylic acids is 1. The number of amides is 1. The van der Waals surface area contributed by atoms with Crippen LogP contribution in [-0.2, 0) is 0 Å². The van der Waals surface area contributed by atoms with Crippen LogP contribution < -0.4 is 10.6 Å². The number of nitrogens with one attached hydrogen (secondary N) is 2. The quantitative estimate of drug-likeness (QED) is 0.840. The molecule has 1 fully saturated rings. The molecule has 4 rings (SSSR count). The number of hydrogen-bond donors (Lipinski definition) is 2. The van der Waals surface area contributed by atoms with E-state index in [0.29, 0.717) is 5.92 Å². The lowest BCUT2D eigenvalue weighted by molar-refractivity contribution is 0.103. The number of hydrogen-bond acceptors (Lipinski definition) is 2. The molecule has 0 spiro atoms. The van der Waals surface area contributed by atoms with Crippen molar-refractivity contribution in [3.63, 3.8) is 0 Å². The monoisotopic (exact) mass is 274 g/mol. The third-order valence-corrected chi connectivity index (χ3v) is 4.07. The zero-order valence-electron chi connectivity index (χ0n) is 10.4. The number of anilines is 1. The molecule has 3 nitrogen and oxygen atoms in total. The highest BCUT2D eigenvalue weighted by Crippen LogP contribution is 2.38. The summed E-state index contributed by atoms with van der Waals surface area (Å²) in [4.78, 5) is 11.9. The summed E-state index contributed by atoms with van der Waals surface area (Å²) in [7, 11) is 0. The molecular weight excluding hydrogens is 260 g/mol. The molecule has 2 heterocycles. The number of benzene rings is 2. The average molecular weight is 275 g/mol. The van der Waals surface area contributed by atoms with Crippen molar-refractivity contribution in [2.45, 2.75) is 12.3 Å². The van der Waals surface area contributed by atoms with E-state index < -0.39 is 0 Å². The van der Waals surface area contributed by atoms with Gasteiger partial charge in [0.2, 0.25) is 0 Å². The van der Waals surface area contributed by atoms with Crippen molar-refractivity contribution >= 4 is 34.8 Å². The molecular formula is C15H15ClN2O. The second kappa shape index (κ2) is 4.51. The van der Waals surface area contributed by atoms with Crippen LogP contribution in [0.2, 0.25) is 0 Å². The maximum Gasteiger partial charge on any atom is 0.256 e. The number of rotatable bonds is 1. The lowest BCUT2D eigenvalue weighted by Gasteiger charge is -2.13. The summed E-state index contributed by atoms with van der Waals surface area (Å²) in [6.45, 7) is 2.13. The van der Waals surface area contributed by atoms with Gasteiger partial charge in [0, 0.05) is 23.2 Å². The second-order valence-corrected chi connectivity index (χ2v) is 5.07. The molecule has 0 saturated carbocycles. The fourth-order valence-electron chi connectivity index (χ4n) is 3.19. The lowest BCUT2D eigenvalue weighted by atomic mass is 9.91. The summed E-state index contributed by atoms with van der Waals surface area (Å²) in [6.07, 6.45) is 1.18. The fourth-order valence-corrected chi connectivity index (χ4v) is 3.19. The van der Waals surface area contributed by atoms with Crippen LogP contribution in [0, 0.1) is 0 Å². The van der Waals surface area contributed by atoms with Crippen LogP contribution in [0.3, 0.4) is 0 Å². The van der Waals surface area contributed by atoms with Crippen molar-refractivity contribution in [1.82, 2.24) is 5.32 Å². The van der Waals surface area contributed by atoms with Gasteiger partial charge in [0.1, 0.15) is 0 Å². The van der Waals surface area contributed by atoms with Gasteiger partial charge in [-0.1, -0.05) is 18.2 Å². The van der Waals surface area contributed by atoms with Gasteiger partial charge in [0.05, 0.1) is 0 Å². The molecule has 0 aliphatic carbocycles. The third-order valence-electron chi connectivity index (χ3n) is 4.07. The Bertz CT molecular complexity index is 662. The largest absolute Gasteiger partial charge is 0.321 e. The summed E-state index contributed by atoms with van der Waals surface area (Å²) in [5, 5.41) is 8.68. The van der Waals surface area contributed by atoms with E-state index in [4.69, 9.17) is 0 Å². The van der Waals surface area contributed by atoms with Crippen molar-refractivity contribution < 1.29 is 4.79 Å². The van der Waals surface area contributed by atoms with E-state index in [1.807, 2.05) is 18.2 Å². The molecule has 2 aliphatic rings. The predicted octanol–water partition coefficient (Wildman–Crippen LogP) is 2.90. The molecule has 0 aromatic heterocycles. The average Bonchev–Trinajstić information content (AvgIpc) is 3.00. The zero-order chi connectivity index (χ0) is 12.1. The van der Waals surface area contributed by atoms with E-state index in [2.05, 4.69) is 22.8 Å². The van der Waals surface area contributed by atoms with Crippen molar-refractivity contribution in [2.75, 3.05) is 18.4 Å². The van der Waals surface area contributed by atoms with Crippen molar-refractivity contribution in [2.24, 2.45) is 0 Å². The summed E-state index contributed by atoms with van der Waals surface area (Å²) in [6, 6.07) is 10.2. The highest BCUT2D eigenvalue weighted by atomic mass is 35.5. The highest BCUT2D eigenvalue weighted by Gasteiger charge is 2.25. The Morgan fingerprint density at radius 1 is 1.16 bits per heavy atom. The van der Waals surface area contributed by atoms with Gasteiger partial charge in [-0.25, -0.2) is 0 Å². The van der Waals surface area contributed by atoms with Gasteiger partial charge in [-0.05, 0) is 42.0 Å². The minimum absolute atomic E-state index is 0. The molecule has 1 atom stereocenters. The highest BCUT2D eigenvalue weighted by molar-refractivity contribution is 6.24. The predicted molar refractivity (Wildman–Crippen MR) is 79.4 cm³/mol. The zero-order valence-corrected chi connectivity index (χ0v) is 11.2. The Hall–Kier alpha value is -1.58. The van der Waals surface area contributed by atoms with Gasteiger partial charge in [-0.3, -0.25) is 4.79 Å². The third kappa shape index (κ3) is 1.73. The maximum atomic E-state index is 11.9. The number of carbonyl (C=O) groups is 1. The van der Waals surface area contributed by atoms with Crippen LogP contribution in [0.5, 0.6) is 0 Å². The SMILES string of the molecule is Cl.O=C1Nc2cccc3c(C4CCNC4)ccc1c23. The van der Waals surface area contributed by atoms with Gasteiger partial charge < -0.3 is 10.6 Å². The first-order valence-corrected chi connectivity index (χ1v) is 6.42. The summed E-state index contributed by atoms with van der Waals surface area (Å²) in [5.74, 6) is 0.599. The Morgan fingerprint density at radius 3 is 2.84 bits per heavy atom. The van der Waals surface area contributed by atoms with E-state index in [1.54, 1.807) is 0 Å². The maximum absolute atomic E-state index is 11.9. The lowest BCUT2D eigenvalue weighted by Crippen LogP contribution is -2.08. The molecule has 98 valence electrons. The minimum Gasteiger partial charge on any atom is -0.321 e. The molecule has 0 radical (unpaired) electrons. The van der Waals surface area contributed by atoms with E-state index >= 15 is 0 Å². The summed E-state index contributed by atoms with van der Waals surface area (Å²) >= 11 is 0. The van der Waals surface area contributed by atoms with Crippen LogP contribution in [-0.4, -0.2) is 19.0 Å². The molecule has 2 aromatic rings. The Morgan fingerprint density at radius 2 is 2.05 bits per heavy atom.